The van der Waals surface area contributed by atoms with Crippen molar-refractivity contribution in [3.63, 3.8) is 0 Å². The summed E-state index contributed by atoms with van der Waals surface area (Å²) in [7, 11) is 1.59. The van der Waals surface area contributed by atoms with Crippen LogP contribution in [-0.4, -0.2) is 45.0 Å². The van der Waals surface area contributed by atoms with Gasteiger partial charge < -0.3 is 15.4 Å². The van der Waals surface area contributed by atoms with Gasteiger partial charge in [0.05, 0.1) is 19.9 Å². The van der Waals surface area contributed by atoms with Gasteiger partial charge in [0.1, 0.15) is 11.4 Å². The SMILES string of the molecule is COc1ccc(NC(=O)CCCCn2cc(CNC(=O)C(CC(=O)NO)C(C)C)nn2)cc1. The Kier molecular flexibility index (Phi) is 10.3. The maximum Gasteiger partial charge on any atom is 0.244 e. The number of methoxy groups -OCH3 is 1. The normalized spacial score (nSPS) is 11.7. The van der Waals surface area contributed by atoms with E-state index in [1.54, 1.807) is 47.7 Å². The zero-order valence-corrected chi connectivity index (χ0v) is 19.2. The highest BCUT2D eigenvalue weighted by atomic mass is 16.5. The second-order valence-corrected chi connectivity index (χ2v) is 8.01. The molecule has 4 N–H and O–H groups in total. The standard InChI is InChI=1S/C22H32N6O5/c1-15(2)19(12-21(30)26-32)22(31)23-13-17-14-28(27-25-17)11-5-4-6-20(29)24-16-7-9-18(33-3)10-8-16/h7-10,14-15,19,32H,4-6,11-13H2,1-3H3,(H,23,31)(H,24,29)(H,26,30). The Hall–Kier alpha value is -3.47. The lowest BCUT2D eigenvalue weighted by molar-refractivity contribution is -0.136. The monoisotopic (exact) mass is 460 g/mol. The maximum absolute atomic E-state index is 12.4. The van der Waals surface area contributed by atoms with Gasteiger partial charge in [-0.3, -0.25) is 24.3 Å². The number of ether oxygens (including phenoxy) is 1. The van der Waals surface area contributed by atoms with Crippen LogP contribution in [0.1, 0.15) is 45.2 Å². The molecule has 0 aliphatic heterocycles. The summed E-state index contributed by atoms with van der Waals surface area (Å²) in [6.07, 6.45) is 3.47. The highest BCUT2D eigenvalue weighted by Gasteiger charge is 2.25. The summed E-state index contributed by atoms with van der Waals surface area (Å²) < 4.78 is 6.76. The number of unbranched alkanes of at least 4 members (excludes halogenated alkanes) is 1. The van der Waals surface area contributed by atoms with E-state index < -0.39 is 11.8 Å². The van der Waals surface area contributed by atoms with E-state index in [0.717, 1.165) is 17.9 Å². The molecular formula is C22H32N6O5. The van der Waals surface area contributed by atoms with Gasteiger partial charge in [-0.15, -0.1) is 5.10 Å². The highest BCUT2D eigenvalue weighted by molar-refractivity contribution is 5.90. The number of rotatable bonds is 13. The number of hydrogen-bond donors (Lipinski definition) is 4. The Balaban J connectivity index is 1.69. The van der Waals surface area contributed by atoms with Crippen molar-refractivity contribution in [2.45, 2.75) is 52.6 Å². The molecule has 0 saturated heterocycles. The summed E-state index contributed by atoms with van der Waals surface area (Å²) in [6, 6.07) is 7.15. The summed E-state index contributed by atoms with van der Waals surface area (Å²) in [4.78, 5) is 35.8. The third-order valence-electron chi connectivity index (χ3n) is 5.12. The van der Waals surface area contributed by atoms with E-state index in [-0.39, 0.29) is 30.7 Å². The molecule has 0 aliphatic rings. The Morgan fingerprint density at radius 1 is 1.12 bits per heavy atom. The van der Waals surface area contributed by atoms with Gasteiger partial charge >= 0.3 is 0 Å². The molecule has 2 rings (SSSR count). The van der Waals surface area contributed by atoms with Crippen LogP contribution in [-0.2, 0) is 27.5 Å². The van der Waals surface area contributed by atoms with Gasteiger partial charge in [0.25, 0.3) is 0 Å². The summed E-state index contributed by atoms with van der Waals surface area (Å²) in [5.74, 6) is -0.847. The first-order chi connectivity index (χ1) is 15.8. The Morgan fingerprint density at radius 3 is 2.48 bits per heavy atom. The predicted octanol–water partition coefficient (Wildman–Crippen LogP) is 1.88. The molecular weight excluding hydrogens is 428 g/mol. The van der Waals surface area contributed by atoms with E-state index in [1.165, 1.54) is 0 Å². The van der Waals surface area contributed by atoms with E-state index >= 15 is 0 Å². The molecule has 1 atom stereocenters. The fourth-order valence-electron chi connectivity index (χ4n) is 3.17. The summed E-state index contributed by atoms with van der Waals surface area (Å²) in [5, 5.41) is 22.4. The van der Waals surface area contributed by atoms with Gasteiger partial charge in [-0.2, -0.15) is 0 Å². The first kappa shape index (κ1) is 25.8. The van der Waals surface area contributed by atoms with E-state index in [9.17, 15) is 14.4 Å². The van der Waals surface area contributed by atoms with Gasteiger partial charge in [0.2, 0.25) is 17.7 Å². The van der Waals surface area contributed by atoms with E-state index in [1.807, 2.05) is 13.8 Å². The molecule has 1 aromatic carbocycles. The molecule has 180 valence electrons. The number of carbonyl (C=O) groups excluding carboxylic acids is 3. The summed E-state index contributed by atoms with van der Waals surface area (Å²) in [6.45, 7) is 4.46. The Bertz CT molecular complexity index is 912. The Morgan fingerprint density at radius 2 is 1.85 bits per heavy atom. The van der Waals surface area contributed by atoms with Crippen molar-refractivity contribution < 1.29 is 24.3 Å². The average molecular weight is 461 g/mol. The molecule has 11 heteroatoms. The average Bonchev–Trinajstić information content (AvgIpc) is 3.26. The van der Waals surface area contributed by atoms with Gasteiger partial charge in [0.15, 0.2) is 0 Å². The van der Waals surface area contributed by atoms with Crippen molar-refractivity contribution in [1.82, 2.24) is 25.8 Å². The van der Waals surface area contributed by atoms with Crippen LogP contribution in [0.4, 0.5) is 5.69 Å². The highest BCUT2D eigenvalue weighted by Crippen LogP contribution is 2.16. The van der Waals surface area contributed by atoms with Gasteiger partial charge in [-0.05, 0) is 43.0 Å². The molecule has 2 aromatic rings. The van der Waals surface area contributed by atoms with Crippen LogP contribution >= 0.6 is 0 Å². The number of carbonyl (C=O) groups is 3. The number of aryl methyl sites for hydroxylation is 1. The molecule has 0 aliphatic carbocycles. The molecule has 0 radical (unpaired) electrons. The minimum Gasteiger partial charge on any atom is -0.497 e. The zero-order valence-electron chi connectivity index (χ0n) is 19.2. The molecule has 0 saturated carbocycles. The van der Waals surface area contributed by atoms with Crippen LogP contribution in [0.2, 0.25) is 0 Å². The lowest BCUT2D eigenvalue weighted by atomic mass is 9.91. The van der Waals surface area contributed by atoms with Gasteiger partial charge in [-0.1, -0.05) is 19.1 Å². The molecule has 33 heavy (non-hydrogen) atoms. The number of nitrogens with zero attached hydrogens (tertiary/aromatic N) is 3. The topological polar surface area (TPSA) is 147 Å². The number of anilines is 1. The van der Waals surface area contributed by atoms with E-state index in [2.05, 4.69) is 20.9 Å². The van der Waals surface area contributed by atoms with Gasteiger partial charge in [0, 0.05) is 31.0 Å². The maximum atomic E-state index is 12.4. The number of hydrogen-bond acceptors (Lipinski definition) is 7. The van der Waals surface area contributed by atoms with E-state index in [4.69, 9.17) is 9.94 Å². The number of aromatic nitrogens is 3. The molecule has 0 spiro atoms. The van der Waals surface area contributed by atoms with Crippen LogP contribution < -0.4 is 20.9 Å². The number of nitrogens with one attached hydrogen (secondary N) is 3. The number of hydroxylamine groups is 1. The van der Waals surface area contributed by atoms with Crippen molar-refractivity contribution in [2.24, 2.45) is 11.8 Å². The fourth-order valence-corrected chi connectivity index (χ4v) is 3.17. The largest absolute Gasteiger partial charge is 0.497 e. The first-order valence-electron chi connectivity index (χ1n) is 10.9. The minimum absolute atomic E-state index is 0.0586. The predicted molar refractivity (Wildman–Crippen MR) is 120 cm³/mol. The second kappa shape index (κ2) is 13.2. The summed E-state index contributed by atoms with van der Waals surface area (Å²) >= 11 is 0. The lowest BCUT2D eigenvalue weighted by Gasteiger charge is -2.18. The van der Waals surface area contributed by atoms with E-state index in [0.29, 0.717) is 25.1 Å². The molecule has 1 aromatic heterocycles. The van der Waals surface area contributed by atoms with Crippen LogP contribution in [0.5, 0.6) is 5.75 Å². The van der Waals surface area contributed by atoms with Crippen molar-refractivity contribution in [1.29, 1.82) is 0 Å². The quantitative estimate of drug-likeness (QED) is 0.203. The lowest BCUT2D eigenvalue weighted by Crippen LogP contribution is -2.36. The Labute approximate surface area is 192 Å². The van der Waals surface area contributed by atoms with Crippen molar-refractivity contribution in [3.8, 4) is 5.75 Å². The number of benzene rings is 1. The zero-order chi connectivity index (χ0) is 24.2. The van der Waals surface area contributed by atoms with Crippen molar-refractivity contribution >= 4 is 23.4 Å². The van der Waals surface area contributed by atoms with Gasteiger partial charge in [-0.25, -0.2) is 5.48 Å². The van der Waals surface area contributed by atoms with Crippen LogP contribution in [0.3, 0.4) is 0 Å². The third-order valence-corrected chi connectivity index (χ3v) is 5.12. The summed E-state index contributed by atoms with van der Waals surface area (Å²) in [5.41, 5.74) is 2.87. The van der Waals surface area contributed by atoms with Crippen LogP contribution in [0.15, 0.2) is 30.5 Å². The van der Waals surface area contributed by atoms with Crippen LogP contribution in [0, 0.1) is 11.8 Å². The molecule has 0 fully saturated rings. The molecule has 11 nitrogen and oxygen atoms in total. The smallest absolute Gasteiger partial charge is 0.244 e. The molecule has 1 unspecified atom stereocenters. The third kappa shape index (κ3) is 8.89. The number of amides is 3. The second-order valence-electron chi connectivity index (χ2n) is 8.01. The molecule has 1 heterocycles. The fraction of sp³-hybridized carbons (Fsp3) is 0.500. The van der Waals surface area contributed by atoms with Crippen molar-refractivity contribution in [3.05, 3.63) is 36.2 Å². The minimum atomic E-state index is -0.604. The molecule has 3 amide bonds. The first-order valence-corrected chi connectivity index (χ1v) is 10.9. The molecule has 0 bridgehead atoms. The van der Waals surface area contributed by atoms with Crippen LogP contribution in [0.25, 0.3) is 0 Å². The van der Waals surface area contributed by atoms with Crippen molar-refractivity contribution in [2.75, 3.05) is 12.4 Å².